The Labute approximate surface area is 192 Å². The molecule has 2 aliphatic carbocycles. The van der Waals surface area contributed by atoms with Crippen LogP contribution in [-0.2, 0) is 38.1 Å². The third kappa shape index (κ3) is 2.85. The van der Waals surface area contributed by atoms with Crippen molar-refractivity contribution in [2.45, 2.75) is 108 Å². The standard InChI is InChI=1S/C24H32O9/c1-11-7-8-14(29-12(2)25)21(4)15(30-13(3)26)10-16-22(5,32-16)18(21)19(27)24-17(9-11)31-20(28)23(24,6)33-24/h9,14-19,27H,7-8,10H2,1-6H3/b11-9+/t14-,15-,16-,17-,18+,19-,21-,22-,23-,24-/m0/s1. The van der Waals surface area contributed by atoms with E-state index < -0.39 is 70.5 Å². The van der Waals surface area contributed by atoms with E-state index in [-0.39, 0.29) is 6.10 Å². The lowest BCUT2D eigenvalue weighted by atomic mass is 9.54. The van der Waals surface area contributed by atoms with Crippen molar-refractivity contribution in [2.75, 3.05) is 0 Å². The maximum absolute atomic E-state index is 12.7. The number of fused-ring (bicyclic) bond motifs is 3. The van der Waals surface area contributed by atoms with Gasteiger partial charge in [0.05, 0.1) is 17.8 Å². The van der Waals surface area contributed by atoms with Crippen LogP contribution in [0.25, 0.3) is 0 Å². The van der Waals surface area contributed by atoms with Gasteiger partial charge in [-0.3, -0.25) is 9.59 Å². The molecule has 1 spiro atoms. The van der Waals surface area contributed by atoms with Crippen molar-refractivity contribution in [3.63, 3.8) is 0 Å². The van der Waals surface area contributed by atoms with Gasteiger partial charge in [-0.2, -0.15) is 0 Å². The van der Waals surface area contributed by atoms with E-state index in [1.165, 1.54) is 13.8 Å². The number of ether oxygens (including phenoxy) is 5. The fourth-order valence-electron chi connectivity index (χ4n) is 7.00. The highest BCUT2D eigenvalue weighted by molar-refractivity contribution is 5.89. The average Bonchev–Trinajstić information content (AvgIpc) is 3.53. The third-order valence-corrected chi connectivity index (χ3v) is 8.81. The summed E-state index contributed by atoms with van der Waals surface area (Å²) in [6, 6.07) is 0. The second-order valence-corrected chi connectivity index (χ2v) is 10.8. The van der Waals surface area contributed by atoms with Gasteiger partial charge in [-0.25, -0.2) is 4.79 Å². The first-order chi connectivity index (χ1) is 15.3. The topological polar surface area (TPSA) is 124 Å². The van der Waals surface area contributed by atoms with Crippen molar-refractivity contribution in [3.05, 3.63) is 11.6 Å². The van der Waals surface area contributed by atoms with Gasteiger partial charge >= 0.3 is 17.9 Å². The van der Waals surface area contributed by atoms with Crippen molar-refractivity contribution in [2.24, 2.45) is 11.3 Å². The summed E-state index contributed by atoms with van der Waals surface area (Å²) in [5, 5.41) is 12.1. The summed E-state index contributed by atoms with van der Waals surface area (Å²) < 4.78 is 29.4. The number of aliphatic hydroxyl groups is 1. The number of aliphatic hydroxyl groups excluding tert-OH is 1. The van der Waals surface area contributed by atoms with Gasteiger partial charge in [0, 0.05) is 31.6 Å². The number of esters is 3. The Balaban J connectivity index is 1.69. The number of carbonyl (C=O) groups is 3. The predicted octanol–water partition coefficient (Wildman–Crippen LogP) is 1.59. The van der Waals surface area contributed by atoms with Crippen molar-refractivity contribution in [3.8, 4) is 0 Å². The van der Waals surface area contributed by atoms with E-state index in [4.69, 9.17) is 23.7 Å². The van der Waals surface area contributed by atoms with E-state index in [1.807, 2.05) is 26.8 Å². The molecule has 0 radical (unpaired) electrons. The van der Waals surface area contributed by atoms with Crippen LogP contribution in [0.3, 0.4) is 0 Å². The molecule has 0 bridgehead atoms. The minimum absolute atomic E-state index is 0.245. The maximum Gasteiger partial charge on any atom is 0.342 e. The quantitative estimate of drug-likeness (QED) is 0.281. The first kappa shape index (κ1) is 22.8. The van der Waals surface area contributed by atoms with Crippen LogP contribution in [0.1, 0.15) is 60.8 Å². The molecule has 1 saturated carbocycles. The van der Waals surface area contributed by atoms with Crippen molar-refractivity contribution < 1.29 is 43.2 Å². The van der Waals surface area contributed by atoms with Crippen LogP contribution in [0.5, 0.6) is 0 Å². The number of rotatable bonds is 2. The highest BCUT2D eigenvalue weighted by Gasteiger charge is 2.88. The Bertz CT molecular complexity index is 960. The normalized spacial score (nSPS) is 53.7. The highest BCUT2D eigenvalue weighted by Crippen LogP contribution is 2.68. The molecule has 33 heavy (non-hydrogen) atoms. The van der Waals surface area contributed by atoms with Crippen LogP contribution in [-0.4, -0.2) is 70.3 Å². The lowest BCUT2D eigenvalue weighted by Gasteiger charge is -2.53. The summed E-state index contributed by atoms with van der Waals surface area (Å²) in [4.78, 5) is 37.0. The highest BCUT2D eigenvalue weighted by atomic mass is 16.7. The van der Waals surface area contributed by atoms with Gasteiger partial charge in [0.15, 0.2) is 17.3 Å². The Morgan fingerprint density at radius 3 is 2.36 bits per heavy atom. The monoisotopic (exact) mass is 464 g/mol. The fraction of sp³-hybridized carbons (Fsp3) is 0.792. The zero-order valence-electron chi connectivity index (χ0n) is 19.9. The lowest BCUT2D eigenvalue weighted by molar-refractivity contribution is -0.205. The van der Waals surface area contributed by atoms with Crippen LogP contribution >= 0.6 is 0 Å². The minimum Gasteiger partial charge on any atom is -0.462 e. The molecule has 0 unspecified atom stereocenters. The molecule has 1 N–H and O–H groups in total. The smallest absolute Gasteiger partial charge is 0.342 e. The summed E-state index contributed by atoms with van der Waals surface area (Å²) in [6.45, 7) is 10.0. The van der Waals surface area contributed by atoms with Crippen LogP contribution in [0, 0.1) is 11.3 Å². The molecule has 0 aromatic rings. The van der Waals surface area contributed by atoms with Crippen LogP contribution in [0.2, 0.25) is 0 Å². The average molecular weight is 465 g/mol. The first-order valence-corrected chi connectivity index (χ1v) is 11.6. The van der Waals surface area contributed by atoms with Gasteiger partial charge < -0.3 is 28.8 Å². The van der Waals surface area contributed by atoms with Crippen molar-refractivity contribution in [1.82, 2.24) is 0 Å². The summed E-state index contributed by atoms with van der Waals surface area (Å²) in [5.41, 5.74) is -3.44. The summed E-state index contributed by atoms with van der Waals surface area (Å²) in [7, 11) is 0. The van der Waals surface area contributed by atoms with Crippen LogP contribution < -0.4 is 0 Å². The molecule has 3 aliphatic heterocycles. The molecular weight excluding hydrogens is 432 g/mol. The van der Waals surface area contributed by atoms with E-state index >= 15 is 0 Å². The van der Waals surface area contributed by atoms with E-state index in [2.05, 4.69) is 0 Å². The van der Waals surface area contributed by atoms with Crippen LogP contribution in [0.15, 0.2) is 11.6 Å². The van der Waals surface area contributed by atoms with Gasteiger partial charge in [0.25, 0.3) is 0 Å². The van der Waals surface area contributed by atoms with Crippen molar-refractivity contribution in [1.29, 1.82) is 0 Å². The number of hydrogen-bond donors (Lipinski definition) is 1. The summed E-state index contributed by atoms with van der Waals surface area (Å²) in [5.74, 6) is -2.10. The van der Waals surface area contributed by atoms with Gasteiger partial charge in [-0.1, -0.05) is 12.5 Å². The molecule has 3 saturated heterocycles. The zero-order chi connectivity index (χ0) is 24.1. The molecular formula is C24H32O9. The second kappa shape index (κ2) is 6.79. The van der Waals surface area contributed by atoms with Crippen LogP contribution in [0.4, 0.5) is 0 Å². The Hall–Kier alpha value is -1.97. The molecule has 0 aromatic carbocycles. The van der Waals surface area contributed by atoms with E-state index in [9.17, 15) is 19.5 Å². The molecule has 5 rings (SSSR count). The SMILES string of the molecule is CC(=O)O[C@H]1CC/C(C)=C/[C@@H]2OC(=O)[C@]3(C)O[C@]23[C@@H](O)[C@H]2[C@@]3(C)O[C@H]3C[C@H](OC(C)=O)[C@]12C. The van der Waals surface area contributed by atoms with E-state index in [1.54, 1.807) is 6.92 Å². The third-order valence-electron chi connectivity index (χ3n) is 8.81. The fourth-order valence-corrected chi connectivity index (χ4v) is 7.00. The summed E-state index contributed by atoms with van der Waals surface area (Å²) >= 11 is 0. The number of allylic oxidation sites excluding steroid dienone is 1. The molecule has 182 valence electrons. The number of carbonyl (C=O) groups excluding carboxylic acids is 3. The number of hydrogen-bond acceptors (Lipinski definition) is 9. The molecule has 9 nitrogen and oxygen atoms in total. The summed E-state index contributed by atoms with van der Waals surface area (Å²) in [6.07, 6.45) is -0.283. The molecule has 0 amide bonds. The molecule has 3 heterocycles. The van der Waals surface area contributed by atoms with Crippen molar-refractivity contribution >= 4 is 17.9 Å². The Morgan fingerprint density at radius 1 is 1.12 bits per heavy atom. The largest absolute Gasteiger partial charge is 0.462 e. The zero-order valence-corrected chi connectivity index (χ0v) is 19.9. The van der Waals surface area contributed by atoms with Gasteiger partial charge in [0.2, 0.25) is 0 Å². The van der Waals surface area contributed by atoms with Gasteiger partial charge in [-0.15, -0.1) is 0 Å². The predicted molar refractivity (Wildman–Crippen MR) is 112 cm³/mol. The number of epoxide rings is 2. The minimum atomic E-state index is -1.30. The maximum atomic E-state index is 12.7. The second-order valence-electron chi connectivity index (χ2n) is 10.8. The van der Waals surface area contributed by atoms with E-state index in [0.29, 0.717) is 19.3 Å². The molecule has 0 aromatic heterocycles. The first-order valence-electron chi connectivity index (χ1n) is 11.6. The van der Waals surface area contributed by atoms with Gasteiger partial charge in [-0.05, 0) is 39.7 Å². The lowest BCUT2D eigenvalue weighted by Crippen LogP contribution is -2.65. The molecule has 5 aliphatic rings. The molecule has 4 fully saturated rings. The van der Waals surface area contributed by atoms with E-state index in [0.717, 1.165) is 5.57 Å². The molecule has 9 heteroatoms. The Kier molecular flexibility index (Phi) is 4.70. The molecule has 10 atom stereocenters. The van der Waals surface area contributed by atoms with Gasteiger partial charge in [0.1, 0.15) is 12.2 Å². The Morgan fingerprint density at radius 2 is 1.76 bits per heavy atom.